The zero-order chi connectivity index (χ0) is 20.6. The summed E-state index contributed by atoms with van der Waals surface area (Å²) in [6.07, 6.45) is 0. The summed E-state index contributed by atoms with van der Waals surface area (Å²) in [6.45, 7) is 9.88. The molecule has 0 heterocycles. The van der Waals surface area contributed by atoms with Crippen molar-refractivity contribution < 1.29 is 28.7 Å². The number of ether oxygens (including phenoxy) is 2. The number of ketones is 2. The van der Waals surface area contributed by atoms with E-state index in [4.69, 9.17) is 9.47 Å². The summed E-state index contributed by atoms with van der Waals surface area (Å²) < 4.78 is 10.5. The molecular weight excluding hydrogens is 360 g/mol. The fourth-order valence-corrected chi connectivity index (χ4v) is 2.69. The van der Waals surface area contributed by atoms with Gasteiger partial charge in [0.15, 0.2) is 23.1 Å². The normalized spacial score (nSPS) is 11.9. The number of carbonyl (C=O) groups is 4. The first-order valence-corrected chi connectivity index (χ1v) is 8.33. The van der Waals surface area contributed by atoms with Crippen molar-refractivity contribution in [1.82, 2.24) is 0 Å². The van der Waals surface area contributed by atoms with E-state index in [1.54, 1.807) is 18.2 Å². The highest BCUT2D eigenvalue weighted by molar-refractivity contribution is 6.29. The van der Waals surface area contributed by atoms with E-state index in [0.717, 1.165) is 0 Å². The van der Waals surface area contributed by atoms with Crippen molar-refractivity contribution in [2.75, 3.05) is 0 Å². The molecular formula is C22H16O6. The number of rotatable bonds is 4. The van der Waals surface area contributed by atoms with E-state index in [-0.39, 0.29) is 44.9 Å². The molecule has 1 aliphatic rings. The number of fused-ring (bicyclic) bond motifs is 2. The number of hydrogen-bond donors (Lipinski definition) is 0. The molecule has 28 heavy (non-hydrogen) atoms. The topological polar surface area (TPSA) is 86.7 Å². The Morgan fingerprint density at radius 3 is 1.86 bits per heavy atom. The molecule has 0 aliphatic heterocycles. The Morgan fingerprint density at radius 2 is 1.29 bits per heavy atom. The van der Waals surface area contributed by atoms with Gasteiger partial charge in [0.25, 0.3) is 0 Å². The van der Waals surface area contributed by atoms with E-state index in [9.17, 15) is 19.2 Å². The molecule has 0 bridgehead atoms. The Morgan fingerprint density at radius 1 is 0.750 bits per heavy atom. The zero-order valence-electron chi connectivity index (χ0n) is 15.3. The monoisotopic (exact) mass is 376 g/mol. The highest BCUT2D eigenvalue weighted by atomic mass is 16.6. The first kappa shape index (κ1) is 19.0. The molecule has 2 aromatic rings. The Labute approximate surface area is 161 Å². The Balaban J connectivity index is 2.23. The Hall–Kier alpha value is -3.80. The zero-order valence-corrected chi connectivity index (χ0v) is 15.3. The molecule has 0 fully saturated rings. The second kappa shape index (κ2) is 7.08. The van der Waals surface area contributed by atoms with E-state index < -0.39 is 23.5 Å². The van der Waals surface area contributed by atoms with Crippen molar-refractivity contribution in [1.29, 1.82) is 0 Å². The molecule has 0 N–H and O–H groups in total. The van der Waals surface area contributed by atoms with Crippen LogP contribution in [0.5, 0.6) is 11.5 Å². The van der Waals surface area contributed by atoms with E-state index in [0.29, 0.717) is 0 Å². The van der Waals surface area contributed by atoms with Gasteiger partial charge in [0.2, 0.25) is 0 Å². The van der Waals surface area contributed by atoms with Crippen LogP contribution >= 0.6 is 0 Å². The lowest BCUT2D eigenvalue weighted by Gasteiger charge is -2.21. The van der Waals surface area contributed by atoms with Crippen molar-refractivity contribution in [2.45, 2.75) is 13.8 Å². The van der Waals surface area contributed by atoms with Crippen molar-refractivity contribution in [3.8, 4) is 11.5 Å². The van der Waals surface area contributed by atoms with Gasteiger partial charge in [-0.1, -0.05) is 37.4 Å². The van der Waals surface area contributed by atoms with E-state index in [1.807, 2.05) is 0 Å². The molecule has 3 rings (SSSR count). The summed E-state index contributed by atoms with van der Waals surface area (Å²) in [4.78, 5) is 50.0. The van der Waals surface area contributed by atoms with Crippen LogP contribution in [0, 0.1) is 0 Å². The average Bonchev–Trinajstić information content (AvgIpc) is 2.66. The highest BCUT2D eigenvalue weighted by Gasteiger charge is 2.35. The second-order valence-corrected chi connectivity index (χ2v) is 6.36. The largest absolute Gasteiger partial charge is 0.419 e. The van der Waals surface area contributed by atoms with Gasteiger partial charge < -0.3 is 9.47 Å². The van der Waals surface area contributed by atoms with Crippen LogP contribution in [0.2, 0.25) is 0 Å². The minimum absolute atomic E-state index is 0.0586. The minimum atomic E-state index is -0.819. The predicted molar refractivity (Wildman–Crippen MR) is 101 cm³/mol. The highest BCUT2D eigenvalue weighted by Crippen LogP contribution is 2.40. The maximum absolute atomic E-state index is 13.1. The van der Waals surface area contributed by atoms with Crippen molar-refractivity contribution in [3.63, 3.8) is 0 Å². The van der Waals surface area contributed by atoms with Gasteiger partial charge in [0.05, 0.1) is 5.56 Å². The fraction of sp³-hybridized carbons (Fsp3) is 0.0909. The third-order valence-electron chi connectivity index (χ3n) is 4.10. The molecule has 0 aromatic heterocycles. The number of hydrogen-bond acceptors (Lipinski definition) is 6. The van der Waals surface area contributed by atoms with Crippen LogP contribution in [0.3, 0.4) is 0 Å². The standard InChI is InChI=1S/C22H16O6/c1-11(2)21(25)27-16-10-9-15-17(20(16)28-22(26)12(3)4)19(24)14-8-6-5-7-13(14)18(15)23/h5-10H,1,3H2,2,4H3. The predicted octanol–water partition coefficient (Wildman–Crippen LogP) is 3.43. The van der Waals surface area contributed by atoms with Crippen LogP contribution in [-0.4, -0.2) is 23.5 Å². The van der Waals surface area contributed by atoms with Crippen molar-refractivity contribution >= 4 is 23.5 Å². The molecule has 0 saturated heterocycles. The molecule has 140 valence electrons. The van der Waals surface area contributed by atoms with E-state index >= 15 is 0 Å². The van der Waals surface area contributed by atoms with Crippen LogP contribution in [0.25, 0.3) is 0 Å². The Kier molecular flexibility index (Phi) is 4.79. The molecule has 6 nitrogen and oxygen atoms in total. The number of esters is 2. The average molecular weight is 376 g/mol. The van der Waals surface area contributed by atoms with Crippen LogP contribution in [0.15, 0.2) is 60.7 Å². The Bertz CT molecular complexity index is 1090. The van der Waals surface area contributed by atoms with Gasteiger partial charge >= 0.3 is 11.9 Å². The van der Waals surface area contributed by atoms with Gasteiger partial charge in [-0.3, -0.25) is 9.59 Å². The smallest absolute Gasteiger partial charge is 0.338 e. The van der Waals surface area contributed by atoms with Crippen molar-refractivity contribution in [2.24, 2.45) is 0 Å². The summed E-state index contributed by atoms with van der Waals surface area (Å²) in [5.74, 6) is -2.95. The maximum Gasteiger partial charge on any atom is 0.338 e. The molecule has 0 atom stereocenters. The van der Waals surface area contributed by atoms with Gasteiger partial charge in [-0.25, -0.2) is 9.59 Å². The van der Waals surface area contributed by atoms with Crippen LogP contribution in [-0.2, 0) is 9.59 Å². The van der Waals surface area contributed by atoms with Gasteiger partial charge in [0, 0.05) is 27.8 Å². The summed E-state index contributed by atoms with van der Waals surface area (Å²) in [6, 6.07) is 9.01. The van der Waals surface area contributed by atoms with Crippen LogP contribution < -0.4 is 9.47 Å². The molecule has 0 saturated carbocycles. The maximum atomic E-state index is 13.1. The van der Waals surface area contributed by atoms with Gasteiger partial charge in [0.1, 0.15) is 0 Å². The molecule has 2 aromatic carbocycles. The lowest BCUT2D eigenvalue weighted by Crippen LogP contribution is -2.24. The van der Waals surface area contributed by atoms with Crippen molar-refractivity contribution in [3.05, 3.63) is 83.0 Å². The van der Waals surface area contributed by atoms with Gasteiger partial charge in [-0.05, 0) is 26.0 Å². The molecule has 0 amide bonds. The fourth-order valence-electron chi connectivity index (χ4n) is 2.69. The van der Waals surface area contributed by atoms with Gasteiger partial charge in [-0.15, -0.1) is 0 Å². The summed E-state index contributed by atoms with van der Waals surface area (Å²) in [5, 5.41) is 0. The lowest BCUT2D eigenvalue weighted by atomic mass is 9.83. The van der Waals surface area contributed by atoms with Crippen LogP contribution in [0.4, 0.5) is 0 Å². The van der Waals surface area contributed by atoms with E-state index in [2.05, 4.69) is 13.2 Å². The van der Waals surface area contributed by atoms with Crippen LogP contribution in [0.1, 0.15) is 45.7 Å². The number of carbonyl (C=O) groups excluding carboxylic acids is 4. The molecule has 1 aliphatic carbocycles. The van der Waals surface area contributed by atoms with Gasteiger partial charge in [-0.2, -0.15) is 0 Å². The quantitative estimate of drug-likeness (QED) is 0.394. The third-order valence-corrected chi connectivity index (χ3v) is 4.10. The summed E-state index contributed by atoms with van der Waals surface area (Å²) in [5.41, 5.74) is 0.543. The lowest BCUT2D eigenvalue weighted by molar-refractivity contribution is -0.132. The first-order valence-electron chi connectivity index (χ1n) is 8.33. The summed E-state index contributed by atoms with van der Waals surface area (Å²) >= 11 is 0. The number of benzene rings is 2. The minimum Gasteiger partial charge on any atom is -0.419 e. The SMILES string of the molecule is C=C(C)C(=O)Oc1ccc2c(c1OC(=O)C(=C)C)C(=O)c1ccccc1C2=O. The second-order valence-electron chi connectivity index (χ2n) is 6.36. The third kappa shape index (κ3) is 3.16. The molecule has 0 unspecified atom stereocenters. The van der Waals surface area contributed by atoms with E-state index in [1.165, 1.54) is 32.0 Å². The summed E-state index contributed by atoms with van der Waals surface area (Å²) in [7, 11) is 0. The molecule has 6 heteroatoms. The first-order chi connectivity index (χ1) is 13.2. The molecule has 0 radical (unpaired) electrons. The molecule has 0 spiro atoms.